The van der Waals surface area contributed by atoms with Gasteiger partial charge in [-0.1, -0.05) is 0 Å². The monoisotopic (exact) mass is 365 g/mol. The molecule has 1 atom stereocenters. The van der Waals surface area contributed by atoms with Gasteiger partial charge in [-0.25, -0.2) is 13.1 Å². The third kappa shape index (κ3) is 4.40. The Morgan fingerprint density at radius 1 is 1.20 bits per heavy atom. The van der Waals surface area contributed by atoms with E-state index in [0.717, 1.165) is 25.6 Å². The van der Waals surface area contributed by atoms with Crippen LogP contribution >= 0.6 is 0 Å². The van der Waals surface area contributed by atoms with Crippen molar-refractivity contribution in [3.8, 4) is 0 Å². The molecule has 1 aromatic carbocycles. The summed E-state index contributed by atoms with van der Waals surface area (Å²) in [6.07, 6.45) is 3.63. The second kappa shape index (κ2) is 7.05. The van der Waals surface area contributed by atoms with Crippen LogP contribution in [-0.4, -0.2) is 44.9 Å². The molecule has 0 spiro atoms. The van der Waals surface area contributed by atoms with Crippen molar-refractivity contribution < 1.29 is 13.2 Å². The van der Waals surface area contributed by atoms with E-state index in [1.165, 1.54) is 19.8 Å². The van der Waals surface area contributed by atoms with Gasteiger partial charge in [-0.2, -0.15) is 0 Å². The number of anilines is 1. The maximum absolute atomic E-state index is 12.8. The van der Waals surface area contributed by atoms with Gasteiger partial charge in [-0.15, -0.1) is 0 Å². The number of sulfonamides is 1. The van der Waals surface area contributed by atoms with Crippen LogP contribution in [0.5, 0.6) is 0 Å². The molecule has 2 aliphatic rings. The van der Waals surface area contributed by atoms with Crippen LogP contribution in [0.15, 0.2) is 17.0 Å². The molecule has 0 bridgehead atoms. The molecule has 7 heteroatoms. The molecule has 2 fully saturated rings. The molecule has 138 valence electrons. The molecule has 0 aromatic heterocycles. The number of hydrogen-bond acceptors (Lipinski definition) is 4. The van der Waals surface area contributed by atoms with Gasteiger partial charge in [-0.05, 0) is 68.8 Å². The summed E-state index contributed by atoms with van der Waals surface area (Å²) in [6, 6.07) is 4.15. The summed E-state index contributed by atoms with van der Waals surface area (Å²) in [5.41, 5.74) is 1.90. The Labute approximate surface area is 150 Å². The summed E-state index contributed by atoms with van der Waals surface area (Å²) in [6.45, 7) is 7.52. The molecule has 1 aliphatic heterocycles. The average molecular weight is 365 g/mol. The number of amides is 1. The predicted molar refractivity (Wildman–Crippen MR) is 98.1 cm³/mol. The van der Waals surface area contributed by atoms with Crippen molar-refractivity contribution in [3.05, 3.63) is 23.3 Å². The highest BCUT2D eigenvalue weighted by Crippen LogP contribution is 2.31. The Morgan fingerprint density at radius 3 is 2.40 bits per heavy atom. The van der Waals surface area contributed by atoms with Gasteiger partial charge in [0.2, 0.25) is 15.9 Å². The van der Waals surface area contributed by atoms with E-state index in [-0.39, 0.29) is 5.91 Å². The fraction of sp³-hybridized carbons (Fsp3) is 0.611. The van der Waals surface area contributed by atoms with E-state index in [1.54, 1.807) is 26.0 Å². The fourth-order valence-corrected chi connectivity index (χ4v) is 5.31. The second-order valence-electron chi connectivity index (χ2n) is 7.35. The number of rotatable bonds is 6. The van der Waals surface area contributed by atoms with Crippen LogP contribution in [0.2, 0.25) is 0 Å². The van der Waals surface area contributed by atoms with E-state index in [1.807, 2.05) is 0 Å². The number of nitrogens with one attached hydrogen (secondary N) is 2. The quantitative estimate of drug-likeness (QED) is 0.808. The van der Waals surface area contributed by atoms with Crippen molar-refractivity contribution >= 4 is 21.6 Å². The van der Waals surface area contributed by atoms with Gasteiger partial charge in [-0.3, -0.25) is 4.79 Å². The largest absolute Gasteiger partial charge is 0.326 e. The number of hydrogen-bond donors (Lipinski definition) is 2. The van der Waals surface area contributed by atoms with Crippen LogP contribution in [0.3, 0.4) is 0 Å². The van der Waals surface area contributed by atoms with E-state index < -0.39 is 10.0 Å². The lowest BCUT2D eigenvalue weighted by molar-refractivity contribution is -0.114. The normalized spacial score (nSPS) is 21.5. The summed E-state index contributed by atoms with van der Waals surface area (Å²) in [7, 11) is -3.56. The average Bonchev–Trinajstić information content (AvgIpc) is 3.22. The minimum absolute atomic E-state index is 0.172. The SMILES string of the molecule is CC(=O)Nc1cc(C)c(S(=O)(=O)NCC2CCN(C3CC3)C2)c(C)c1. The Hall–Kier alpha value is -1.44. The highest BCUT2D eigenvalue weighted by molar-refractivity contribution is 7.89. The minimum atomic E-state index is -3.56. The van der Waals surface area contributed by atoms with E-state index in [9.17, 15) is 13.2 Å². The molecule has 1 unspecified atom stereocenters. The van der Waals surface area contributed by atoms with Gasteiger partial charge in [0.05, 0.1) is 4.90 Å². The first-order valence-electron chi connectivity index (χ1n) is 8.89. The van der Waals surface area contributed by atoms with Gasteiger partial charge >= 0.3 is 0 Å². The summed E-state index contributed by atoms with van der Waals surface area (Å²) in [4.78, 5) is 14.0. The standard InChI is InChI=1S/C18H27N3O3S/c1-12-8-16(20-14(3)22)9-13(2)18(12)25(23,24)19-10-15-6-7-21(11-15)17-4-5-17/h8-9,15,17,19H,4-7,10-11H2,1-3H3,(H,20,22). The molecule has 1 amide bonds. The molecule has 1 saturated carbocycles. The molecule has 0 radical (unpaired) electrons. The van der Waals surface area contributed by atoms with E-state index in [4.69, 9.17) is 0 Å². The first-order valence-corrected chi connectivity index (χ1v) is 10.4. The number of likely N-dealkylation sites (tertiary alicyclic amines) is 1. The number of carbonyl (C=O) groups is 1. The van der Waals surface area contributed by atoms with Gasteiger partial charge < -0.3 is 10.2 Å². The predicted octanol–water partition coefficient (Wildman–Crippen LogP) is 2.02. The van der Waals surface area contributed by atoms with Crippen LogP contribution in [0.1, 0.15) is 37.3 Å². The van der Waals surface area contributed by atoms with Crippen molar-refractivity contribution in [1.82, 2.24) is 9.62 Å². The second-order valence-corrected chi connectivity index (χ2v) is 9.06. The molecular formula is C18H27N3O3S. The minimum Gasteiger partial charge on any atom is -0.326 e. The van der Waals surface area contributed by atoms with Crippen LogP contribution in [0.25, 0.3) is 0 Å². The molecule has 1 aliphatic carbocycles. The molecule has 1 heterocycles. The Morgan fingerprint density at radius 2 is 1.84 bits per heavy atom. The number of aryl methyl sites for hydroxylation is 2. The van der Waals surface area contributed by atoms with Crippen molar-refractivity contribution in [3.63, 3.8) is 0 Å². The molecule has 2 N–H and O–H groups in total. The highest BCUT2D eigenvalue weighted by atomic mass is 32.2. The zero-order valence-electron chi connectivity index (χ0n) is 15.1. The summed E-state index contributed by atoms with van der Waals surface area (Å²) < 4.78 is 28.4. The topological polar surface area (TPSA) is 78.5 Å². The first kappa shape index (κ1) is 18.4. The summed E-state index contributed by atoms with van der Waals surface area (Å²) in [5, 5.41) is 2.70. The lowest BCUT2D eigenvalue weighted by Crippen LogP contribution is -2.32. The van der Waals surface area contributed by atoms with Crippen LogP contribution in [-0.2, 0) is 14.8 Å². The smallest absolute Gasteiger partial charge is 0.241 e. The van der Waals surface area contributed by atoms with Gasteiger partial charge in [0.25, 0.3) is 0 Å². The van der Waals surface area contributed by atoms with Gasteiger partial charge in [0.15, 0.2) is 0 Å². The van der Waals surface area contributed by atoms with Crippen molar-refractivity contribution in [1.29, 1.82) is 0 Å². The van der Waals surface area contributed by atoms with Crippen molar-refractivity contribution in [2.24, 2.45) is 5.92 Å². The lowest BCUT2D eigenvalue weighted by Gasteiger charge is -2.17. The Kier molecular flexibility index (Phi) is 5.18. The van der Waals surface area contributed by atoms with E-state index in [2.05, 4.69) is 14.9 Å². The highest BCUT2D eigenvalue weighted by Gasteiger charge is 2.34. The Balaban J connectivity index is 1.68. The van der Waals surface area contributed by atoms with E-state index >= 15 is 0 Å². The van der Waals surface area contributed by atoms with Crippen LogP contribution in [0.4, 0.5) is 5.69 Å². The van der Waals surface area contributed by atoms with Gasteiger partial charge in [0, 0.05) is 31.7 Å². The maximum Gasteiger partial charge on any atom is 0.241 e. The molecule has 1 aromatic rings. The zero-order chi connectivity index (χ0) is 18.2. The van der Waals surface area contributed by atoms with Gasteiger partial charge in [0.1, 0.15) is 0 Å². The summed E-state index contributed by atoms with van der Waals surface area (Å²) >= 11 is 0. The maximum atomic E-state index is 12.8. The van der Waals surface area contributed by atoms with Crippen LogP contribution < -0.4 is 10.0 Å². The molecule has 3 rings (SSSR count). The molecule has 6 nitrogen and oxygen atoms in total. The fourth-order valence-electron chi connectivity index (χ4n) is 3.75. The van der Waals surface area contributed by atoms with E-state index in [0.29, 0.717) is 34.2 Å². The number of nitrogens with zero attached hydrogens (tertiary/aromatic N) is 1. The van der Waals surface area contributed by atoms with Crippen molar-refractivity contribution in [2.45, 2.75) is 51.0 Å². The van der Waals surface area contributed by atoms with Crippen LogP contribution in [0, 0.1) is 19.8 Å². The van der Waals surface area contributed by atoms with Crippen molar-refractivity contribution in [2.75, 3.05) is 25.0 Å². The lowest BCUT2D eigenvalue weighted by atomic mass is 10.1. The molecule has 25 heavy (non-hydrogen) atoms. The third-order valence-corrected chi connectivity index (χ3v) is 6.72. The molecular weight excluding hydrogens is 338 g/mol. The third-order valence-electron chi connectivity index (χ3n) is 4.99. The first-order chi connectivity index (χ1) is 11.8. The zero-order valence-corrected chi connectivity index (χ0v) is 15.9. The Bertz CT molecular complexity index is 749. The number of benzene rings is 1. The number of carbonyl (C=O) groups excluding carboxylic acids is 1. The molecule has 1 saturated heterocycles. The summed E-state index contributed by atoms with van der Waals surface area (Å²) in [5.74, 6) is 0.212.